The first kappa shape index (κ1) is 20.2. The number of rotatable bonds is 4. The van der Waals surface area contributed by atoms with Crippen LogP contribution in [-0.4, -0.2) is 52.0 Å². The molecule has 2 aromatic heterocycles. The van der Waals surface area contributed by atoms with E-state index in [-0.39, 0.29) is 5.91 Å². The third kappa shape index (κ3) is 4.35. The summed E-state index contributed by atoms with van der Waals surface area (Å²) in [6.07, 6.45) is 6.22. The molecule has 0 saturated carbocycles. The Morgan fingerprint density at radius 2 is 1.97 bits per heavy atom. The average Bonchev–Trinajstić information content (AvgIpc) is 3.30. The van der Waals surface area contributed by atoms with Crippen LogP contribution >= 0.6 is 0 Å². The van der Waals surface area contributed by atoms with E-state index in [1.165, 1.54) is 10.9 Å². The van der Waals surface area contributed by atoms with Crippen LogP contribution in [0.15, 0.2) is 47.1 Å². The van der Waals surface area contributed by atoms with Crippen molar-refractivity contribution in [3.63, 3.8) is 0 Å². The lowest BCUT2D eigenvalue weighted by Crippen LogP contribution is -2.37. The smallest absolute Gasteiger partial charge is 0.292 e. The summed E-state index contributed by atoms with van der Waals surface area (Å²) in [6, 6.07) is 12.3. The fourth-order valence-electron chi connectivity index (χ4n) is 4.92. The topological polar surface area (TPSA) is 62.5 Å². The highest BCUT2D eigenvalue weighted by atomic mass is 16.5. The predicted molar refractivity (Wildman–Crippen MR) is 120 cm³/mol. The number of hydrogen-bond donors (Lipinski definition) is 0. The fraction of sp³-hybridized carbons (Fsp3) is 0.480. The quantitative estimate of drug-likeness (QED) is 0.625. The monoisotopic (exact) mass is 418 g/mol. The summed E-state index contributed by atoms with van der Waals surface area (Å²) in [5.74, 6) is 1.37. The predicted octanol–water partition coefficient (Wildman–Crippen LogP) is 4.47. The molecular weight excluding hydrogens is 388 g/mol. The van der Waals surface area contributed by atoms with E-state index in [2.05, 4.69) is 46.2 Å². The molecule has 2 aliphatic heterocycles. The van der Waals surface area contributed by atoms with Crippen LogP contribution in [0, 0.1) is 5.92 Å². The SMILES string of the molecule is CC1CCN(C(=O)c2cc([C@@H]3CCCN(Cc4ccnc5ccccc45)C3)no2)CC1. The van der Waals surface area contributed by atoms with Crippen molar-refractivity contribution in [3.8, 4) is 0 Å². The number of likely N-dealkylation sites (tertiary alicyclic amines) is 2. The minimum atomic E-state index is -0.0124. The van der Waals surface area contributed by atoms with Gasteiger partial charge in [0.15, 0.2) is 0 Å². The van der Waals surface area contributed by atoms with Crippen LogP contribution in [0.3, 0.4) is 0 Å². The number of nitrogens with zero attached hydrogens (tertiary/aromatic N) is 4. The molecule has 4 heterocycles. The van der Waals surface area contributed by atoms with E-state index in [1.807, 2.05) is 23.2 Å². The molecule has 0 radical (unpaired) electrons. The zero-order chi connectivity index (χ0) is 21.2. The van der Waals surface area contributed by atoms with E-state index in [1.54, 1.807) is 0 Å². The molecule has 2 aliphatic rings. The number of amides is 1. The second-order valence-electron chi connectivity index (χ2n) is 9.15. The number of benzene rings is 1. The van der Waals surface area contributed by atoms with Crippen LogP contribution in [0.4, 0.5) is 0 Å². The number of aromatic nitrogens is 2. The van der Waals surface area contributed by atoms with Gasteiger partial charge in [-0.25, -0.2) is 0 Å². The standard InChI is InChI=1S/C25H30N4O2/c1-18-9-13-29(14-10-18)25(30)24-15-23(27-31-24)20-5-4-12-28(17-20)16-19-8-11-26-22-7-3-2-6-21(19)22/h2-3,6-8,11,15,18,20H,4-5,9-10,12-14,16-17H2,1H3/t20-/m1/s1. The lowest BCUT2D eigenvalue weighted by Gasteiger charge is -2.32. The van der Waals surface area contributed by atoms with Gasteiger partial charge in [-0.1, -0.05) is 30.3 Å². The fourth-order valence-corrected chi connectivity index (χ4v) is 4.92. The van der Waals surface area contributed by atoms with Gasteiger partial charge in [-0.3, -0.25) is 14.7 Å². The Hall–Kier alpha value is -2.73. The summed E-state index contributed by atoms with van der Waals surface area (Å²) in [7, 11) is 0. The van der Waals surface area contributed by atoms with Gasteiger partial charge in [-0.05, 0) is 55.8 Å². The summed E-state index contributed by atoms with van der Waals surface area (Å²) in [6.45, 7) is 6.77. The van der Waals surface area contributed by atoms with Gasteiger partial charge >= 0.3 is 0 Å². The van der Waals surface area contributed by atoms with Gasteiger partial charge < -0.3 is 9.42 Å². The number of pyridine rings is 1. The molecule has 2 saturated heterocycles. The van der Waals surface area contributed by atoms with Gasteiger partial charge in [0.2, 0.25) is 5.76 Å². The highest BCUT2D eigenvalue weighted by molar-refractivity contribution is 5.91. The summed E-state index contributed by atoms with van der Waals surface area (Å²) in [5, 5.41) is 5.52. The molecule has 162 valence electrons. The minimum absolute atomic E-state index is 0.0124. The summed E-state index contributed by atoms with van der Waals surface area (Å²) >= 11 is 0. The van der Waals surface area contributed by atoms with Gasteiger partial charge in [0, 0.05) is 49.7 Å². The Kier molecular flexibility index (Phi) is 5.72. The molecule has 0 unspecified atom stereocenters. The largest absolute Gasteiger partial charge is 0.351 e. The van der Waals surface area contributed by atoms with Crippen LogP contribution in [0.25, 0.3) is 10.9 Å². The van der Waals surface area contributed by atoms with Crippen molar-refractivity contribution in [1.82, 2.24) is 19.9 Å². The van der Waals surface area contributed by atoms with Crippen molar-refractivity contribution >= 4 is 16.8 Å². The lowest BCUT2D eigenvalue weighted by molar-refractivity contribution is 0.0655. The Balaban J connectivity index is 1.26. The van der Waals surface area contributed by atoms with E-state index < -0.39 is 0 Å². The van der Waals surface area contributed by atoms with Crippen LogP contribution < -0.4 is 0 Å². The Morgan fingerprint density at radius 1 is 1.13 bits per heavy atom. The molecule has 5 rings (SSSR count). The normalized spacial score (nSPS) is 20.9. The molecule has 0 aliphatic carbocycles. The first-order valence-corrected chi connectivity index (χ1v) is 11.5. The van der Waals surface area contributed by atoms with Gasteiger partial charge in [0.25, 0.3) is 5.91 Å². The van der Waals surface area contributed by atoms with Gasteiger partial charge in [-0.15, -0.1) is 0 Å². The summed E-state index contributed by atoms with van der Waals surface area (Å²) in [5.41, 5.74) is 3.26. The number of carbonyl (C=O) groups is 1. The number of hydrogen-bond acceptors (Lipinski definition) is 5. The molecule has 0 N–H and O–H groups in total. The first-order chi connectivity index (χ1) is 15.2. The molecule has 1 aromatic carbocycles. The Bertz CT molecular complexity index is 1050. The number of para-hydroxylation sites is 1. The van der Waals surface area contributed by atoms with Crippen molar-refractivity contribution in [2.45, 2.75) is 45.1 Å². The summed E-state index contributed by atoms with van der Waals surface area (Å²) in [4.78, 5) is 21.7. The first-order valence-electron chi connectivity index (χ1n) is 11.5. The van der Waals surface area contributed by atoms with Gasteiger partial charge in [0.05, 0.1) is 11.2 Å². The van der Waals surface area contributed by atoms with Crippen molar-refractivity contribution in [2.24, 2.45) is 5.92 Å². The van der Waals surface area contributed by atoms with Crippen molar-refractivity contribution < 1.29 is 9.32 Å². The molecule has 2 fully saturated rings. The average molecular weight is 419 g/mol. The molecule has 1 atom stereocenters. The summed E-state index contributed by atoms with van der Waals surface area (Å²) < 4.78 is 5.50. The molecular formula is C25H30N4O2. The van der Waals surface area contributed by atoms with E-state index >= 15 is 0 Å². The second-order valence-corrected chi connectivity index (χ2v) is 9.15. The molecule has 3 aromatic rings. The maximum atomic E-state index is 12.8. The van der Waals surface area contributed by atoms with E-state index in [0.29, 0.717) is 17.6 Å². The third-order valence-electron chi connectivity index (χ3n) is 6.87. The Morgan fingerprint density at radius 3 is 2.84 bits per heavy atom. The number of fused-ring (bicyclic) bond motifs is 1. The molecule has 0 bridgehead atoms. The van der Waals surface area contributed by atoms with E-state index in [4.69, 9.17) is 4.52 Å². The maximum absolute atomic E-state index is 12.8. The van der Waals surface area contributed by atoms with E-state index in [9.17, 15) is 4.79 Å². The highest BCUT2D eigenvalue weighted by Gasteiger charge is 2.28. The highest BCUT2D eigenvalue weighted by Crippen LogP contribution is 2.29. The molecule has 6 heteroatoms. The third-order valence-corrected chi connectivity index (χ3v) is 6.87. The molecule has 1 amide bonds. The number of carbonyl (C=O) groups excluding carboxylic acids is 1. The minimum Gasteiger partial charge on any atom is -0.351 e. The zero-order valence-electron chi connectivity index (χ0n) is 18.2. The number of piperidine rings is 2. The molecule has 31 heavy (non-hydrogen) atoms. The van der Waals surface area contributed by atoms with Crippen LogP contribution in [0.5, 0.6) is 0 Å². The molecule has 0 spiro atoms. The van der Waals surface area contributed by atoms with Crippen molar-refractivity contribution in [3.05, 3.63) is 59.6 Å². The molecule has 6 nitrogen and oxygen atoms in total. The van der Waals surface area contributed by atoms with Crippen LogP contribution in [-0.2, 0) is 6.54 Å². The van der Waals surface area contributed by atoms with Crippen molar-refractivity contribution in [2.75, 3.05) is 26.2 Å². The van der Waals surface area contributed by atoms with Crippen LogP contribution in [0.1, 0.15) is 60.3 Å². The second kappa shape index (κ2) is 8.79. The van der Waals surface area contributed by atoms with Crippen molar-refractivity contribution in [1.29, 1.82) is 0 Å². The zero-order valence-corrected chi connectivity index (χ0v) is 18.2. The van der Waals surface area contributed by atoms with Gasteiger partial charge in [-0.2, -0.15) is 0 Å². The Labute approximate surface area is 183 Å². The maximum Gasteiger partial charge on any atom is 0.292 e. The lowest BCUT2D eigenvalue weighted by atomic mass is 9.94. The van der Waals surface area contributed by atoms with Crippen LogP contribution in [0.2, 0.25) is 0 Å². The van der Waals surface area contributed by atoms with Gasteiger partial charge in [0.1, 0.15) is 0 Å². The van der Waals surface area contributed by atoms with E-state index in [0.717, 1.165) is 69.6 Å².